The Balaban J connectivity index is 1.22. The lowest BCUT2D eigenvalue weighted by atomic mass is 9.96. The van der Waals surface area contributed by atoms with E-state index in [1.54, 1.807) is 11.3 Å². The van der Waals surface area contributed by atoms with Crippen molar-refractivity contribution in [3.05, 3.63) is 16.6 Å². The number of aromatic nitrogens is 1. The van der Waals surface area contributed by atoms with Gasteiger partial charge in [0.2, 0.25) is 5.91 Å². The van der Waals surface area contributed by atoms with Crippen LogP contribution in [0, 0.1) is 5.92 Å². The number of nitrogens with one attached hydrogen (secondary N) is 1. The van der Waals surface area contributed by atoms with Crippen LogP contribution in [0.5, 0.6) is 5.75 Å². The molecule has 1 amide bonds. The zero-order valence-electron chi connectivity index (χ0n) is 19.9. The Labute approximate surface area is 210 Å². The van der Waals surface area contributed by atoms with Crippen molar-refractivity contribution in [2.75, 3.05) is 44.2 Å². The molecule has 0 unspecified atom stereocenters. The maximum absolute atomic E-state index is 12.7. The van der Waals surface area contributed by atoms with Gasteiger partial charge in [0.05, 0.1) is 21.3 Å². The first-order valence-electron chi connectivity index (χ1n) is 12.6. The molecule has 0 saturated carbocycles. The number of thiazole rings is 1. The third kappa shape index (κ3) is 6.20. The number of carbonyl (C=O) groups is 1. The number of nitrogens with zero attached hydrogens (tertiary/aromatic N) is 3. The minimum atomic E-state index is 0.118. The molecular formula is C25H37BrN4O2S. The summed E-state index contributed by atoms with van der Waals surface area (Å²) in [4.78, 5) is 22.5. The number of likely N-dealkylation sites (tertiary alicyclic amines) is 1. The van der Waals surface area contributed by atoms with Crippen LogP contribution in [-0.2, 0) is 4.79 Å². The third-order valence-corrected chi connectivity index (χ3v) is 8.71. The predicted molar refractivity (Wildman–Crippen MR) is 141 cm³/mol. The lowest BCUT2D eigenvalue weighted by Gasteiger charge is -2.35. The van der Waals surface area contributed by atoms with Gasteiger partial charge in [-0.25, -0.2) is 4.98 Å². The molecule has 2 aromatic rings. The second kappa shape index (κ2) is 11.8. The van der Waals surface area contributed by atoms with Gasteiger partial charge in [0, 0.05) is 44.2 Å². The highest BCUT2D eigenvalue weighted by molar-refractivity contribution is 9.10. The molecule has 0 bridgehead atoms. The number of ether oxygens (including phenoxy) is 1. The molecule has 8 heteroatoms. The second-order valence-corrected chi connectivity index (χ2v) is 11.0. The smallest absolute Gasteiger partial charge is 0.223 e. The van der Waals surface area contributed by atoms with Crippen molar-refractivity contribution in [1.82, 2.24) is 15.2 Å². The third-order valence-electron chi connectivity index (χ3n) is 7.01. The summed E-state index contributed by atoms with van der Waals surface area (Å²) in [5.74, 6) is 1.21. The van der Waals surface area contributed by atoms with Crippen LogP contribution in [0.25, 0.3) is 10.2 Å². The molecule has 2 fully saturated rings. The average molecular weight is 538 g/mol. The Morgan fingerprint density at radius 2 is 2.03 bits per heavy atom. The molecule has 1 aromatic carbocycles. The Kier molecular flexibility index (Phi) is 8.88. The van der Waals surface area contributed by atoms with E-state index >= 15 is 0 Å². The molecule has 1 N–H and O–H groups in total. The molecule has 1 aromatic heterocycles. The van der Waals surface area contributed by atoms with Crippen LogP contribution < -0.4 is 15.0 Å². The van der Waals surface area contributed by atoms with Gasteiger partial charge in [0.15, 0.2) is 5.13 Å². The number of hydrogen-bond donors (Lipinski definition) is 1. The maximum Gasteiger partial charge on any atom is 0.223 e. The number of piperidine rings is 2. The predicted octanol–water partition coefficient (Wildman–Crippen LogP) is 5.44. The van der Waals surface area contributed by atoms with Crippen LogP contribution in [-0.4, -0.2) is 61.2 Å². The number of fused-ring (bicyclic) bond motifs is 1. The lowest BCUT2D eigenvalue weighted by Crippen LogP contribution is -2.42. The fourth-order valence-corrected chi connectivity index (χ4v) is 6.58. The number of rotatable bonds is 9. The molecule has 6 nitrogen and oxygen atoms in total. The van der Waals surface area contributed by atoms with Crippen LogP contribution in [0.15, 0.2) is 16.6 Å². The van der Waals surface area contributed by atoms with Gasteiger partial charge in [-0.3, -0.25) is 4.79 Å². The first kappa shape index (κ1) is 24.7. The van der Waals surface area contributed by atoms with E-state index in [0.29, 0.717) is 6.61 Å². The van der Waals surface area contributed by atoms with Crippen molar-refractivity contribution < 1.29 is 9.53 Å². The van der Waals surface area contributed by atoms with Gasteiger partial charge in [-0.1, -0.05) is 24.7 Å². The molecule has 4 rings (SSSR count). The van der Waals surface area contributed by atoms with Gasteiger partial charge in [0.25, 0.3) is 0 Å². The van der Waals surface area contributed by atoms with Crippen LogP contribution in [0.2, 0.25) is 0 Å². The molecule has 0 spiro atoms. The van der Waals surface area contributed by atoms with Crippen LogP contribution in [0.1, 0.15) is 58.8 Å². The normalized spacial score (nSPS) is 20.3. The highest BCUT2D eigenvalue weighted by Crippen LogP contribution is 2.37. The summed E-state index contributed by atoms with van der Waals surface area (Å²) in [6.07, 6.45) is 8.09. The molecule has 1 atom stereocenters. The zero-order valence-corrected chi connectivity index (χ0v) is 22.3. The van der Waals surface area contributed by atoms with Crippen LogP contribution >= 0.6 is 27.3 Å². The van der Waals surface area contributed by atoms with Crippen molar-refractivity contribution >= 4 is 48.5 Å². The lowest BCUT2D eigenvalue weighted by molar-refractivity contribution is -0.125. The molecule has 182 valence electrons. The summed E-state index contributed by atoms with van der Waals surface area (Å²) in [5, 5.41) is 4.25. The molecule has 2 aliphatic heterocycles. The monoisotopic (exact) mass is 536 g/mol. The standard InChI is InChI=1S/C25H37BrN4O2S/c1-3-19-8-5-6-12-29(19)13-7-11-27-24(31)18-9-14-30(15-10-18)25-28-21-16-20(26)22(32-4-2)17-23(21)33-25/h16-19H,3-15H2,1-2H3,(H,27,31)/t19-/m1/s1. The van der Waals surface area contributed by atoms with Crippen molar-refractivity contribution in [1.29, 1.82) is 0 Å². The topological polar surface area (TPSA) is 57.7 Å². The molecule has 2 aliphatic rings. The molecule has 0 aliphatic carbocycles. The molecule has 0 radical (unpaired) electrons. The van der Waals surface area contributed by atoms with Gasteiger partial charge >= 0.3 is 0 Å². The highest BCUT2D eigenvalue weighted by atomic mass is 79.9. The first-order valence-corrected chi connectivity index (χ1v) is 14.2. The zero-order chi connectivity index (χ0) is 23.2. The van der Waals surface area contributed by atoms with Gasteiger partial charge in [-0.15, -0.1) is 0 Å². The van der Waals surface area contributed by atoms with E-state index in [-0.39, 0.29) is 11.8 Å². The van der Waals surface area contributed by atoms with Crippen LogP contribution in [0.4, 0.5) is 5.13 Å². The largest absolute Gasteiger partial charge is 0.493 e. The van der Waals surface area contributed by atoms with Crippen molar-refractivity contribution in [2.24, 2.45) is 5.92 Å². The number of anilines is 1. The van der Waals surface area contributed by atoms with Crippen molar-refractivity contribution in [3.63, 3.8) is 0 Å². The summed E-state index contributed by atoms with van der Waals surface area (Å²) in [7, 11) is 0. The highest BCUT2D eigenvalue weighted by Gasteiger charge is 2.27. The summed E-state index contributed by atoms with van der Waals surface area (Å²) in [5.41, 5.74) is 0.990. The fourth-order valence-electron chi connectivity index (χ4n) is 5.11. The van der Waals surface area contributed by atoms with E-state index < -0.39 is 0 Å². The summed E-state index contributed by atoms with van der Waals surface area (Å²) >= 11 is 5.28. The number of carbonyl (C=O) groups excluding carboxylic acids is 1. The van der Waals surface area contributed by atoms with Crippen LogP contribution in [0.3, 0.4) is 0 Å². The van der Waals surface area contributed by atoms with Gasteiger partial charge in [0.1, 0.15) is 5.75 Å². The summed E-state index contributed by atoms with van der Waals surface area (Å²) in [6, 6.07) is 4.84. The first-order chi connectivity index (χ1) is 16.1. The molecule has 2 saturated heterocycles. The number of halogens is 1. The fraction of sp³-hybridized carbons (Fsp3) is 0.680. The van der Waals surface area contributed by atoms with E-state index in [2.05, 4.69) is 44.0 Å². The Hall–Kier alpha value is -1.38. The van der Waals surface area contributed by atoms with E-state index in [9.17, 15) is 4.79 Å². The Morgan fingerprint density at radius 3 is 2.79 bits per heavy atom. The van der Waals surface area contributed by atoms with Gasteiger partial charge in [-0.2, -0.15) is 0 Å². The number of amides is 1. The SMILES string of the molecule is CCOc1cc2sc(N3CCC(C(=O)NCCCN4CCCC[C@H]4CC)CC3)nc2cc1Br. The second-order valence-electron chi connectivity index (χ2n) is 9.18. The summed E-state index contributed by atoms with van der Waals surface area (Å²) in [6.45, 7) is 9.81. The van der Waals surface area contributed by atoms with E-state index in [4.69, 9.17) is 9.72 Å². The minimum Gasteiger partial charge on any atom is -0.493 e. The molecular weight excluding hydrogens is 500 g/mol. The maximum atomic E-state index is 12.7. The Bertz CT molecular complexity index is 929. The molecule has 3 heterocycles. The van der Waals surface area contributed by atoms with Gasteiger partial charge in [-0.05, 0) is 74.0 Å². The molecule has 33 heavy (non-hydrogen) atoms. The van der Waals surface area contributed by atoms with Gasteiger partial charge < -0.3 is 19.9 Å². The van der Waals surface area contributed by atoms with E-state index in [1.807, 2.05) is 13.0 Å². The Morgan fingerprint density at radius 1 is 1.21 bits per heavy atom. The van der Waals surface area contributed by atoms with E-state index in [1.165, 1.54) is 32.2 Å². The van der Waals surface area contributed by atoms with E-state index in [0.717, 1.165) is 77.1 Å². The number of benzene rings is 1. The quantitative estimate of drug-likeness (QED) is 0.432. The van der Waals surface area contributed by atoms with Crippen molar-refractivity contribution in [3.8, 4) is 5.75 Å². The number of hydrogen-bond acceptors (Lipinski definition) is 6. The minimum absolute atomic E-state index is 0.118. The van der Waals surface area contributed by atoms with Crippen molar-refractivity contribution in [2.45, 2.75) is 64.8 Å². The summed E-state index contributed by atoms with van der Waals surface area (Å²) < 4.78 is 7.77. The average Bonchev–Trinajstić information content (AvgIpc) is 3.25.